The van der Waals surface area contributed by atoms with Crippen LogP contribution < -0.4 is 10.1 Å². The van der Waals surface area contributed by atoms with Crippen LogP contribution in [0.1, 0.15) is 12.8 Å². The Morgan fingerprint density at radius 2 is 1.90 bits per heavy atom. The lowest BCUT2D eigenvalue weighted by molar-refractivity contribution is 0.167. The van der Waals surface area contributed by atoms with E-state index in [4.69, 9.17) is 16.3 Å². The summed E-state index contributed by atoms with van der Waals surface area (Å²) in [6, 6.07) is 16.2. The maximum Gasteiger partial charge on any atom is 0.138 e. The lowest BCUT2D eigenvalue weighted by Crippen LogP contribution is -2.37. The van der Waals surface area contributed by atoms with E-state index in [-0.39, 0.29) is 6.10 Å². The molecule has 1 heterocycles. The molecule has 2 aromatic carbocycles. The molecule has 20 heavy (non-hydrogen) atoms. The molecule has 1 aliphatic rings. The van der Waals surface area contributed by atoms with Crippen molar-refractivity contribution in [3.8, 4) is 16.9 Å². The van der Waals surface area contributed by atoms with Crippen LogP contribution in [0.5, 0.6) is 5.75 Å². The fourth-order valence-corrected chi connectivity index (χ4v) is 2.73. The molecule has 0 unspecified atom stereocenters. The molecule has 0 radical (unpaired) electrons. The normalized spacial score (nSPS) is 18.8. The highest BCUT2D eigenvalue weighted by molar-refractivity contribution is 6.32. The Balaban J connectivity index is 1.77. The first-order chi connectivity index (χ1) is 9.83. The van der Waals surface area contributed by atoms with Gasteiger partial charge < -0.3 is 10.1 Å². The number of benzene rings is 2. The van der Waals surface area contributed by atoms with Gasteiger partial charge in [-0.05, 0) is 42.6 Å². The molecule has 1 atom stereocenters. The van der Waals surface area contributed by atoms with Crippen LogP contribution in [-0.2, 0) is 0 Å². The molecule has 0 spiro atoms. The van der Waals surface area contributed by atoms with Gasteiger partial charge in [-0.3, -0.25) is 0 Å². The molecule has 104 valence electrons. The van der Waals surface area contributed by atoms with Crippen LogP contribution in [0, 0.1) is 0 Å². The van der Waals surface area contributed by atoms with E-state index in [1.807, 2.05) is 30.3 Å². The van der Waals surface area contributed by atoms with Gasteiger partial charge in [0.2, 0.25) is 0 Å². The predicted octanol–water partition coefficient (Wildman–Crippen LogP) is 4.14. The molecule has 1 N–H and O–H groups in total. The van der Waals surface area contributed by atoms with Crippen molar-refractivity contribution in [3.63, 3.8) is 0 Å². The molecule has 0 bridgehead atoms. The van der Waals surface area contributed by atoms with Crippen molar-refractivity contribution in [3.05, 3.63) is 53.6 Å². The first-order valence-corrected chi connectivity index (χ1v) is 7.43. The van der Waals surface area contributed by atoms with Crippen molar-refractivity contribution in [1.29, 1.82) is 0 Å². The number of ether oxygens (including phenoxy) is 1. The van der Waals surface area contributed by atoms with E-state index in [9.17, 15) is 0 Å². The van der Waals surface area contributed by atoms with Gasteiger partial charge >= 0.3 is 0 Å². The number of hydrogen-bond donors (Lipinski definition) is 1. The largest absolute Gasteiger partial charge is 0.488 e. The van der Waals surface area contributed by atoms with E-state index in [1.54, 1.807) is 0 Å². The van der Waals surface area contributed by atoms with Crippen LogP contribution in [0.4, 0.5) is 0 Å². The van der Waals surface area contributed by atoms with Gasteiger partial charge in [0.05, 0.1) is 5.02 Å². The first-order valence-electron chi connectivity index (χ1n) is 7.05. The van der Waals surface area contributed by atoms with Crippen molar-refractivity contribution in [2.24, 2.45) is 0 Å². The van der Waals surface area contributed by atoms with Gasteiger partial charge in [-0.1, -0.05) is 48.0 Å². The summed E-state index contributed by atoms with van der Waals surface area (Å²) in [4.78, 5) is 0. The van der Waals surface area contributed by atoms with Crippen molar-refractivity contribution in [2.75, 3.05) is 13.1 Å². The molecular formula is C17H18ClNO. The van der Waals surface area contributed by atoms with Gasteiger partial charge in [0.15, 0.2) is 0 Å². The fourth-order valence-electron chi connectivity index (χ4n) is 2.51. The molecule has 3 heteroatoms. The van der Waals surface area contributed by atoms with E-state index in [0.717, 1.165) is 37.2 Å². The maximum absolute atomic E-state index is 6.35. The van der Waals surface area contributed by atoms with Crippen molar-refractivity contribution >= 4 is 11.6 Å². The third-order valence-electron chi connectivity index (χ3n) is 3.58. The van der Waals surface area contributed by atoms with E-state index < -0.39 is 0 Å². The van der Waals surface area contributed by atoms with Crippen molar-refractivity contribution in [2.45, 2.75) is 18.9 Å². The Morgan fingerprint density at radius 1 is 1.05 bits per heavy atom. The molecule has 1 fully saturated rings. The minimum Gasteiger partial charge on any atom is -0.488 e. The van der Waals surface area contributed by atoms with Gasteiger partial charge in [0.1, 0.15) is 11.9 Å². The summed E-state index contributed by atoms with van der Waals surface area (Å²) in [7, 11) is 0. The molecule has 3 rings (SSSR count). The third-order valence-corrected chi connectivity index (χ3v) is 3.88. The minimum absolute atomic E-state index is 0.226. The molecule has 2 nitrogen and oxygen atoms in total. The maximum atomic E-state index is 6.35. The average molecular weight is 288 g/mol. The highest BCUT2D eigenvalue weighted by Gasteiger charge is 2.15. The molecule has 1 saturated heterocycles. The number of halogens is 1. The summed E-state index contributed by atoms with van der Waals surface area (Å²) < 4.78 is 5.98. The van der Waals surface area contributed by atoms with Gasteiger partial charge in [-0.2, -0.15) is 0 Å². The standard InChI is InChI=1S/C17H18ClNO/c18-16-11-14(13-5-2-1-3-6-13)8-9-17(16)20-15-7-4-10-19-12-15/h1-3,5-6,8-9,11,15,19H,4,7,10,12H2/t15-/m0/s1. The monoisotopic (exact) mass is 287 g/mol. The molecule has 1 aliphatic heterocycles. The third kappa shape index (κ3) is 3.14. The number of piperidine rings is 1. The van der Waals surface area contributed by atoms with Gasteiger partial charge in [-0.15, -0.1) is 0 Å². The number of nitrogens with one attached hydrogen (secondary N) is 1. The molecule has 0 aliphatic carbocycles. The van der Waals surface area contributed by atoms with Gasteiger partial charge in [0.25, 0.3) is 0 Å². The zero-order valence-corrected chi connectivity index (χ0v) is 12.1. The summed E-state index contributed by atoms with van der Waals surface area (Å²) in [6.45, 7) is 1.98. The lowest BCUT2D eigenvalue weighted by Gasteiger charge is -2.24. The van der Waals surface area contributed by atoms with Crippen molar-refractivity contribution in [1.82, 2.24) is 5.32 Å². The Hall–Kier alpha value is -1.51. The number of hydrogen-bond acceptors (Lipinski definition) is 2. The second-order valence-electron chi connectivity index (χ2n) is 5.10. The summed E-state index contributed by atoms with van der Waals surface area (Å²) in [5.74, 6) is 0.778. The van der Waals surface area contributed by atoms with E-state index in [0.29, 0.717) is 5.02 Å². The van der Waals surface area contributed by atoms with Crippen molar-refractivity contribution < 1.29 is 4.74 Å². The van der Waals surface area contributed by atoms with Crippen LogP contribution in [0.15, 0.2) is 48.5 Å². The Kier molecular flexibility index (Phi) is 4.24. The first kappa shape index (κ1) is 13.5. The van der Waals surface area contributed by atoms with Crippen LogP contribution >= 0.6 is 11.6 Å². The second-order valence-corrected chi connectivity index (χ2v) is 5.50. The molecule has 0 saturated carbocycles. The highest BCUT2D eigenvalue weighted by Crippen LogP contribution is 2.31. The zero-order chi connectivity index (χ0) is 13.8. The summed E-state index contributed by atoms with van der Waals surface area (Å²) in [5.41, 5.74) is 2.28. The SMILES string of the molecule is Clc1cc(-c2ccccc2)ccc1O[C@H]1CCCNC1. The fraction of sp³-hybridized carbons (Fsp3) is 0.294. The summed E-state index contributed by atoms with van der Waals surface area (Å²) >= 11 is 6.35. The molecule has 0 amide bonds. The predicted molar refractivity (Wildman–Crippen MR) is 83.4 cm³/mol. The Morgan fingerprint density at radius 3 is 2.60 bits per heavy atom. The highest BCUT2D eigenvalue weighted by atomic mass is 35.5. The zero-order valence-electron chi connectivity index (χ0n) is 11.3. The molecular weight excluding hydrogens is 270 g/mol. The van der Waals surface area contributed by atoms with Crippen LogP contribution in [0.2, 0.25) is 5.02 Å². The smallest absolute Gasteiger partial charge is 0.138 e. The van der Waals surface area contributed by atoms with Gasteiger partial charge in [0, 0.05) is 6.54 Å². The average Bonchev–Trinajstić information content (AvgIpc) is 2.51. The Bertz CT molecular complexity index is 564. The van der Waals surface area contributed by atoms with Crippen LogP contribution in [-0.4, -0.2) is 19.2 Å². The minimum atomic E-state index is 0.226. The van der Waals surface area contributed by atoms with E-state index in [1.165, 1.54) is 5.56 Å². The molecule has 2 aromatic rings. The van der Waals surface area contributed by atoms with Crippen LogP contribution in [0.25, 0.3) is 11.1 Å². The van der Waals surface area contributed by atoms with Gasteiger partial charge in [-0.25, -0.2) is 0 Å². The van der Waals surface area contributed by atoms with E-state index >= 15 is 0 Å². The quantitative estimate of drug-likeness (QED) is 0.916. The lowest BCUT2D eigenvalue weighted by atomic mass is 10.1. The van der Waals surface area contributed by atoms with E-state index in [2.05, 4.69) is 23.5 Å². The Labute approximate surface area is 124 Å². The summed E-state index contributed by atoms with van der Waals surface area (Å²) in [6.07, 6.45) is 2.47. The topological polar surface area (TPSA) is 21.3 Å². The van der Waals surface area contributed by atoms with Crippen LogP contribution in [0.3, 0.4) is 0 Å². The second kappa shape index (κ2) is 6.29. The molecule has 0 aromatic heterocycles. The number of rotatable bonds is 3. The summed E-state index contributed by atoms with van der Waals surface area (Å²) in [5, 5.41) is 4.02.